The Morgan fingerprint density at radius 3 is 2.58 bits per heavy atom. The topological polar surface area (TPSA) is 46.5 Å². The third kappa shape index (κ3) is 4.16. The van der Waals surface area contributed by atoms with Gasteiger partial charge in [0.15, 0.2) is 17.3 Å². The van der Waals surface area contributed by atoms with Gasteiger partial charge in [0.05, 0.1) is 12.2 Å². The Labute approximate surface area is 137 Å². The molecule has 126 valence electrons. The van der Waals surface area contributed by atoms with Gasteiger partial charge in [-0.05, 0) is 36.8 Å². The number of alkyl halides is 3. The lowest BCUT2D eigenvalue weighted by Crippen LogP contribution is -2.11. The molecule has 0 bridgehead atoms. The zero-order chi connectivity index (χ0) is 17.7. The van der Waals surface area contributed by atoms with E-state index in [0.717, 1.165) is 18.2 Å². The summed E-state index contributed by atoms with van der Waals surface area (Å²) < 4.78 is 44.0. The minimum absolute atomic E-state index is 0.0530. The second kappa shape index (κ2) is 7.21. The molecule has 0 aliphatic carbocycles. The first-order valence-corrected chi connectivity index (χ1v) is 7.17. The quantitative estimate of drug-likeness (QED) is 0.635. The van der Waals surface area contributed by atoms with Crippen LogP contribution < -0.4 is 4.74 Å². The number of rotatable bonds is 5. The molecular formula is C18H15F3O3. The second-order valence-corrected chi connectivity index (χ2v) is 4.90. The second-order valence-electron chi connectivity index (χ2n) is 4.90. The standard InChI is InChI=1S/C18H15F3O3/c1-2-24-17-11-12(8-10-16(17)23)7-9-15(22)13-5-3-4-6-14(13)18(19,20)21/h3-11,23H,2H2,1H3/b9-7+. The normalized spacial score (nSPS) is 11.7. The molecule has 0 radical (unpaired) electrons. The number of allylic oxidation sites excluding steroid dienone is 1. The first-order chi connectivity index (χ1) is 11.3. The number of benzene rings is 2. The third-order valence-corrected chi connectivity index (χ3v) is 3.21. The molecule has 2 rings (SSSR count). The van der Waals surface area contributed by atoms with Gasteiger partial charge in [0.2, 0.25) is 0 Å². The van der Waals surface area contributed by atoms with Gasteiger partial charge in [-0.2, -0.15) is 13.2 Å². The SMILES string of the molecule is CCOc1cc(/C=C/C(=O)c2ccccc2C(F)(F)F)ccc1O. The molecule has 0 heterocycles. The predicted octanol–water partition coefficient (Wildman–Crippen LogP) is 4.71. The number of phenols is 1. The van der Waals surface area contributed by atoms with Crippen molar-refractivity contribution in [1.29, 1.82) is 0 Å². The summed E-state index contributed by atoms with van der Waals surface area (Å²) in [5, 5.41) is 9.61. The summed E-state index contributed by atoms with van der Waals surface area (Å²) in [6, 6.07) is 9.03. The molecule has 2 aromatic carbocycles. The molecule has 0 amide bonds. The van der Waals surface area contributed by atoms with Crippen LogP contribution in [-0.4, -0.2) is 17.5 Å². The van der Waals surface area contributed by atoms with Crippen LogP contribution in [0.3, 0.4) is 0 Å². The largest absolute Gasteiger partial charge is 0.504 e. The lowest BCUT2D eigenvalue weighted by atomic mass is 10.0. The van der Waals surface area contributed by atoms with Gasteiger partial charge in [0, 0.05) is 5.56 Å². The maximum absolute atomic E-state index is 12.9. The average Bonchev–Trinajstić information content (AvgIpc) is 2.54. The monoisotopic (exact) mass is 336 g/mol. The Bertz CT molecular complexity index is 764. The van der Waals surface area contributed by atoms with Crippen LogP contribution in [0.15, 0.2) is 48.5 Å². The smallest absolute Gasteiger partial charge is 0.417 e. The van der Waals surface area contributed by atoms with Crippen molar-refractivity contribution in [2.24, 2.45) is 0 Å². The number of ketones is 1. The Morgan fingerprint density at radius 2 is 1.92 bits per heavy atom. The van der Waals surface area contributed by atoms with E-state index in [4.69, 9.17) is 4.74 Å². The Morgan fingerprint density at radius 1 is 1.21 bits per heavy atom. The van der Waals surface area contributed by atoms with E-state index in [2.05, 4.69) is 0 Å². The van der Waals surface area contributed by atoms with Crippen LogP contribution in [0.25, 0.3) is 6.08 Å². The lowest BCUT2D eigenvalue weighted by Gasteiger charge is -2.10. The Kier molecular flexibility index (Phi) is 5.28. The summed E-state index contributed by atoms with van der Waals surface area (Å²) in [5.41, 5.74) is -0.862. The summed E-state index contributed by atoms with van der Waals surface area (Å²) in [4.78, 5) is 12.1. The zero-order valence-electron chi connectivity index (χ0n) is 12.8. The number of hydrogen-bond acceptors (Lipinski definition) is 3. The molecule has 0 aliphatic heterocycles. The van der Waals surface area contributed by atoms with Crippen LogP contribution in [0, 0.1) is 0 Å². The maximum Gasteiger partial charge on any atom is 0.417 e. The van der Waals surface area contributed by atoms with E-state index < -0.39 is 23.1 Å². The van der Waals surface area contributed by atoms with Crippen molar-refractivity contribution >= 4 is 11.9 Å². The van der Waals surface area contributed by atoms with E-state index in [1.807, 2.05) is 0 Å². The van der Waals surface area contributed by atoms with Gasteiger partial charge in [0.1, 0.15) is 0 Å². The molecule has 0 aliphatic rings. The molecule has 0 atom stereocenters. The van der Waals surface area contributed by atoms with Crippen LogP contribution in [0.2, 0.25) is 0 Å². The van der Waals surface area contributed by atoms with Crippen LogP contribution in [-0.2, 0) is 6.18 Å². The summed E-state index contributed by atoms with van der Waals surface area (Å²) in [7, 11) is 0. The van der Waals surface area contributed by atoms with E-state index in [0.29, 0.717) is 12.2 Å². The van der Waals surface area contributed by atoms with Crippen LogP contribution >= 0.6 is 0 Å². The first-order valence-electron chi connectivity index (χ1n) is 7.17. The summed E-state index contributed by atoms with van der Waals surface area (Å²) in [6.07, 6.45) is -2.16. The molecule has 0 fully saturated rings. The summed E-state index contributed by atoms with van der Waals surface area (Å²) in [5.74, 6) is -0.570. The van der Waals surface area contributed by atoms with Gasteiger partial charge < -0.3 is 9.84 Å². The number of carbonyl (C=O) groups excluding carboxylic acids is 1. The van der Waals surface area contributed by atoms with Gasteiger partial charge in [-0.3, -0.25) is 4.79 Å². The number of ether oxygens (including phenoxy) is 1. The Hall–Kier alpha value is -2.76. The van der Waals surface area contributed by atoms with Gasteiger partial charge >= 0.3 is 6.18 Å². The van der Waals surface area contributed by atoms with E-state index in [1.54, 1.807) is 6.92 Å². The zero-order valence-corrected chi connectivity index (χ0v) is 12.8. The van der Waals surface area contributed by atoms with Crippen LogP contribution in [0.5, 0.6) is 11.5 Å². The summed E-state index contributed by atoms with van der Waals surface area (Å²) in [6.45, 7) is 2.10. The molecule has 0 unspecified atom stereocenters. The van der Waals surface area contributed by atoms with E-state index in [1.165, 1.54) is 36.4 Å². The molecular weight excluding hydrogens is 321 g/mol. The highest BCUT2D eigenvalue weighted by molar-refractivity contribution is 6.07. The van der Waals surface area contributed by atoms with Crippen molar-refractivity contribution in [3.8, 4) is 11.5 Å². The van der Waals surface area contributed by atoms with Crippen molar-refractivity contribution in [1.82, 2.24) is 0 Å². The lowest BCUT2D eigenvalue weighted by molar-refractivity contribution is -0.137. The molecule has 0 aromatic heterocycles. The molecule has 0 spiro atoms. The molecule has 1 N–H and O–H groups in total. The van der Waals surface area contributed by atoms with Crippen molar-refractivity contribution in [3.05, 3.63) is 65.2 Å². The number of halogens is 3. The van der Waals surface area contributed by atoms with E-state index in [9.17, 15) is 23.1 Å². The molecule has 3 nitrogen and oxygen atoms in total. The van der Waals surface area contributed by atoms with Gasteiger partial charge in [-0.1, -0.05) is 30.3 Å². The first kappa shape index (κ1) is 17.6. The average molecular weight is 336 g/mol. The van der Waals surface area contributed by atoms with Gasteiger partial charge in [0.25, 0.3) is 0 Å². The molecule has 24 heavy (non-hydrogen) atoms. The number of phenolic OH excluding ortho intramolecular Hbond substituents is 1. The fourth-order valence-electron chi connectivity index (χ4n) is 2.11. The van der Waals surface area contributed by atoms with Gasteiger partial charge in [-0.25, -0.2) is 0 Å². The van der Waals surface area contributed by atoms with E-state index >= 15 is 0 Å². The molecule has 0 saturated heterocycles. The maximum atomic E-state index is 12.9. The number of hydrogen-bond donors (Lipinski definition) is 1. The predicted molar refractivity (Wildman–Crippen MR) is 84.1 cm³/mol. The highest BCUT2D eigenvalue weighted by atomic mass is 19.4. The van der Waals surface area contributed by atoms with Crippen molar-refractivity contribution < 1.29 is 27.8 Å². The molecule has 0 saturated carbocycles. The van der Waals surface area contributed by atoms with E-state index in [-0.39, 0.29) is 11.5 Å². The third-order valence-electron chi connectivity index (χ3n) is 3.21. The fraction of sp³-hybridized carbons (Fsp3) is 0.167. The van der Waals surface area contributed by atoms with Crippen molar-refractivity contribution in [2.75, 3.05) is 6.61 Å². The fourth-order valence-corrected chi connectivity index (χ4v) is 2.11. The highest BCUT2D eigenvalue weighted by Crippen LogP contribution is 2.32. The minimum Gasteiger partial charge on any atom is -0.504 e. The van der Waals surface area contributed by atoms with Crippen LogP contribution in [0.4, 0.5) is 13.2 Å². The van der Waals surface area contributed by atoms with Gasteiger partial charge in [-0.15, -0.1) is 0 Å². The molecule has 6 heteroatoms. The molecule has 2 aromatic rings. The van der Waals surface area contributed by atoms with Crippen LogP contribution in [0.1, 0.15) is 28.4 Å². The summed E-state index contributed by atoms with van der Waals surface area (Å²) >= 11 is 0. The Balaban J connectivity index is 2.28. The minimum atomic E-state index is -4.60. The number of aromatic hydroxyl groups is 1. The number of carbonyl (C=O) groups is 1. The van der Waals surface area contributed by atoms with Crippen molar-refractivity contribution in [2.45, 2.75) is 13.1 Å². The van der Waals surface area contributed by atoms with Crippen molar-refractivity contribution in [3.63, 3.8) is 0 Å². The highest BCUT2D eigenvalue weighted by Gasteiger charge is 2.34.